The van der Waals surface area contributed by atoms with Gasteiger partial charge in [0.15, 0.2) is 0 Å². The maximum absolute atomic E-state index is 11.4. The molecule has 0 radical (unpaired) electrons. The van der Waals surface area contributed by atoms with Crippen LogP contribution in [0, 0.1) is 0 Å². The molecule has 2 rings (SSSR count). The molecule has 17 heavy (non-hydrogen) atoms. The van der Waals surface area contributed by atoms with Crippen molar-refractivity contribution >= 4 is 11.8 Å². The van der Waals surface area contributed by atoms with Gasteiger partial charge in [-0.15, -0.1) is 0 Å². The van der Waals surface area contributed by atoms with Gasteiger partial charge >= 0.3 is 11.8 Å². The average Bonchev–Trinajstić information content (AvgIpc) is 3.14. The number of nitrogens with one attached hydrogen (secondary N) is 2. The number of amides is 2. The van der Waals surface area contributed by atoms with Crippen LogP contribution in [-0.4, -0.2) is 29.4 Å². The van der Waals surface area contributed by atoms with Crippen LogP contribution in [0.4, 0.5) is 0 Å². The van der Waals surface area contributed by atoms with Gasteiger partial charge in [-0.25, -0.2) is 0 Å². The summed E-state index contributed by atoms with van der Waals surface area (Å²) < 4.78 is 0. The van der Waals surface area contributed by atoms with Gasteiger partial charge in [-0.1, -0.05) is 6.07 Å². The molecule has 1 aromatic heterocycles. The van der Waals surface area contributed by atoms with Gasteiger partial charge < -0.3 is 10.6 Å². The second-order valence-electron chi connectivity index (χ2n) is 4.07. The van der Waals surface area contributed by atoms with Crippen LogP contribution in [0.1, 0.15) is 18.5 Å². The zero-order valence-electron chi connectivity index (χ0n) is 9.48. The molecule has 1 heterocycles. The Morgan fingerprint density at radius 2 is 2.12 bits per heavy atom. The zero-order valence-corrected chi connectivity index (χ0v) is 9.48. The predicted molar refractivity (Wildman–Crippen MR) is 62.1 cm³/mol. The van der Waals surface area contributed by atoms with Crippen LogP contribution in [-0.2, 0) is 16.0 Å². The fraction of sp³-hybridized carbons (Fsp3) is 0.417. The summed E-state index contributed by atoms with van der Waals surface area (Å²) in [6.07, 6.45) is 4.29. The summed E-state index contributed by atoms with van der Waals surface area (Å²) in [4.78, 5) is 26.8. The van der Waals surface area contributed by atoms with Crippen molar-refractivity contribution in [2.45, 2.75) is 25.3 Å². The first kappa shape index (κ1) is 11.6. The third-order valence-corrected chi connectivity index (χ3v) is 2.51. The molecule has 2 N–H and O–H groups in total. The van der Waals surface area contributed by atoms with Gasteiger partial charge in [0.2, 0.25) is 0 Å². The Hall–Kier alpha value is -1.91. The number of carbonyl (C=O) groups excluding carboxylic acids is 2. The highest BCUT2D eigenvalue weighted by molar-refractivity contribution is 6.35. The van der Waals surface area contributed by atoms with E-state index in [2.05, 4.69) is 15.6 Å². The van der Waals surface area contributed by atoms with E-state index in [-0.39, 0.29) is 6.04 Å². The molecular formula is C12H15N3O2. The molecule has 1 aliphatic rings. The smallest absolute Gasteiger partial charge is 0.309 e. The Balaban J connectivity index is 1.67. The van der Waals surface area contributed by atoms with Crippen molar-refractivity contribution in [3.8, 4) is 0 Å². The van der Waals surface area contributed by atoms with Crippen molar-refractivity contribution in [2.24, 2.45) is 0 Å². The van der Waals surface area contributed by atoms with Gasteiger partial charge in [-0.3, -0.25) is 14.6 Å². The van der Waals surface area contributed by atoms with Crippen LogP contribution in [0.3, 0.4) is 0 Å². The summed E-state index contributed by atoms with van der Waals surface area (Å²) in [5.41, 5.74) is 0.899. The molecule has 0 unspecified atom stereocenters. The van der Waals surface area contributed by atoms with Gasteiger partial charge in [0.05, 0.1) is 0 Å². The van der Waals surface area contributed by atoms with Crippen LogP contribution < -0.4 is 10.6 Å². The van der Waals surface area contributed by atoms with E-state index in [1.807, 2.05) is 18.2 Å². The van der Waals surface area contributed by atoms with E-state index in [1.54, 1.807) is 6.20 Å². The molecule has 1 fully saturated rings. The van der Waals surface area contributed by atoms with E-state index < -0.39 is 11.8 Å². The lowest BCUT2D eigenvalue weighted by Crippen LogP contribution is -2.41. The molecule has 0 spiro atoms. The highest BCUT2D eigenvalue weighted by Crippen LogP contribution is 2.18. The summed E-state index contributed by atoms with van der Waals surface area (Å²) in [6.45, 7) is 0.425. The molecule has 0 saturated heterocycles. The van der Waals surface area contributed by atoms with Crippen LogP contribution in [0.25, 0.3) is 0 Å². The highest BCUT2D eigenvalue weighted by Gasteiger charge is 2.25. The monoisotopic (exact) mass is 233 g/mol. The van der Waals surface area contributed by atoms with E-state index in [9.17, 15) is 9.59 Å². The minimum Gasteiger partial charge on any atom is -0.347 e. The number of nitrogens with zero attached hydrogens (tertiary/aromatic N) is 1. The van der Waals surface area contributed by atoms with Crippen LogP contribution in [0.2, 0.25) is 0 Å². The predicted octanol–water partition coefficient (Wildman–Crippen LogP) is 0.0189. The molecule has 0 aromatic carbocycles. The SMILES string of the molecule is O=C(NCCc1ccccn1)C(=O)NC1CC1. The number of rotatable bonds is 4. The second kappa shape index (κ2) is 5.43. The molecule has 2 amide bonds. The lowest BCUT2D eigenvalue weighted by Gasteiger charge is -2.05. The minimum atomic E-state index is -0.562. The van der Waals surface area contributed by atoms with E-state index >= 15 is 0 Å². The van der Waals surface area contributed by atoms with E-state index in [1.165, 1.54) is 0 Å². The Morgan fingerprint density at radius 1 is 1.29 bits per heavy atom. The molecule has 1 aromatic rings. The lowest BCUT2D eigenvalue weighted by atomic mass is 10.3. The van der Waals surface area contributed by atoms with Gasteiger partial charge in [0.25, 0.3) is 0 Å². The Labute approximate surface area is 99.6 Å². The first-order valence-corrected chi connectivity index (χ1v) is 5.74. The van der Waals surface area contributed by atoms with Gasteiger partial charge in [0.1, 0.15) is 0 Å². The lowest BCUT2D eigenvalue weighted by molar-refractivity contribution is -0.139. The van der Waals surface area contributed by atoms with Gasteiger partial charge in [-0.05, 0) is 25.0 Å². The standard InChI is InChI=1S/C12H15N3O2/c16-11(12(17)15-10-4-5-10)14-8-6-9-3-1-2-7-13-9/h1-3,7,10H,4-6,8H2,(H,14,16)(H,15,17). The minimum absolute atomic E-state index is 0.212. The van der Waals surface area contributed by atoms with Crippen LogP contribution >= 0.6 is 0 Å². The maximum Gasteiger partial charge on any atom is 0.309 e. The number of aromatic nitrogens is 1. The molecule has 1 aliphatic carbocycles. The zero-order chi connectivity index (χ0) is 12.1. The van der Waals surface area contributed by atoms with Crippen molar-refractivity contribution in [3.63, 3.8) is 0 Å². The molecule has 0 bridgehead atoms. The van der Waals surface area contributed by atoms with E-state index in [0.29, 0.717) is 13.0 Å². The first-order valence-electron chi connectivity index (χ1n) is 5.74. The second-order valence-corrected chi connectivity index (χ2v) is 4.07. The van der Waals surface area contributed by atoms with Crippen molar-refractivity contribution < 1.29 is 9.59 Å². The third-order valence-electron chi connectivity index (χ3n) is 2.51. The summed E-state index contributed by atoms with van der Waals surface area (Å²) in [5.74, 6) is -1.10. The fourth-order valence-corrected chi connectivity index (χ4v) is 1.41. The highest BCUT2D eigenvalue weighted by atomic mass is 16.2. The summed E-state index contributed by atoms with van der Waals surface area (Å²) >= 11 is 0. The molecule has 90 valence electrons. The number of carbonyl (C=O) groups is 2. The molecule has 1 saturated carbocycles. The van der Waals surface area contributed by atoms with Gasteiger partial charge in [-0.2, -0.15) is 0 Å². The quantitative estimate of drug-likeness (QED) is 0.720. The summed E-state index contributed by atoms with van der Waals surface area (Å²) in [6, 6.07) is 5.83. The van der Waals surface area contributed by atoms with Crippen LogP contribution in [0.5, 0.6) is 0 Å². The topological polar surface area (TPSA) is 71.1 Å². The summed E-state index contributed by atoms with van der Waals surface area (Å²) in [5, 5.41) is 5.21. The van der Waals surface area contributed by atoms with Crippen LogP contribution in [0.15, 0.2) is 24.4 Å². The van der Waals surface area contributed by atoms with Crippen molar-refractivity contribution in [1.29, 1.82) is 0 Å². The Morgan fingerprint density at radius 3 is 2.76 bits per heavy atom. The Bertz CT molecular complexity index is 401. The molecule has 5 nitrogen and oxygen atoms in total. The number of hydrogen-bond donors (Lipinski definition) is 2. The Kier molecular flexibility index (Phi) is 3.69. The third kappa shape index (κ3) is 3.86. The van der Waals surface area contributed by atoms with Crippen molar-refractivity contribution in [1.82, 2.24) is 15.6 Å². The van der Waals surface area contributed by atoms with Gasteiger partial charge in [0, 0.05) is 30.9 Å². The average molecular weight is 233 g/mol. The first-order chi connectivity index (χ1) is 8.25. The molecular weight excluding hydrogens is 218 g/mol. The number of hydrogen-bond acceptors (Lipinski definition) is 3. The molecule has 0 aliphatic heterocycles. The molecule has 0 atom stereocenters. The van der Waals surface area contributed by atoms with Crippen molar-refractivity contribution in [3.05, 3.63) is 30.1 Å². The van der Waals surface area contributed by atoms with E-state index in [0.717, 1.165) is 18.5 Å². The molecule has 5 heteroatoms. The maximum atomic E-state index is 11.4. The normalized spacial score (nSPS) is 14.1. The largest absolute Gasteiger partial charge is 0.347 e. The fourth-order valence-electron chi connectivity index (χ4n) is 1.41. The summed E-state index contributed by atoms with van der Waals surface area (Å²) in [7, 11) is 0. The van der Waals surface area contributed by atoms with E-state index in [4.69, 9.17) is 0 Å². The van der Waals surface area contributed by atoms with Crippen molar-refractivity contribution in [2.75, 3.05) is 6.54 Å². The number of pyridine rings is 1.